The Bertz CT molecular complexity index is 739. The molecule has 10 heteroatoms. The fourth-order valence-corrected chi connectivity index (χ4v) is 2.40. The number of furan rings is 1. The molecule has 0 radical (unpaired) electrons. The number of hydrogen-bond donors (Lipinski definition) is 4. The summed E-state index contributed by atoms with van der Waals surface area (Å²) in [4.78, 5) is 37.8. The molecule has 128 valence electrons. The fraction of sp³-hybridized carbons (Fsp3) is 0.286. The number of rotatable bonds is 7. The molecule has 0 aromatic carbocycles. The van der Waals surface area contributed by atoms with E-state index in [0.29, 0.717) is 28.9 Å². The molecule has 0 unspecified atom stereocenters. The maximum atomic E-state index is 11.7. The number of thiazole rings is 1. The molecule has 0 fully saturated rings. The molecular formula is C14H17N5O4S. The summed E-state index contributed by atoms with van der Waals surface area (Å²) in [6, 6.07) is 3.48. The molecule has 5 N–H and O–H groups in total. The molecule has 0 aliphatic rings. The van der Waals surface area contributed by atoms with E-state index >= 15 is 0 Å². The molecule has 0 saturated carbocycles. The van der Waals surface area contributed by atoms with Crippen LogP contribution in [0.1, 0.15) is 12.7 Å². The van der Waals surface area contributed by atoms with Crippen molar-refractivity contribution in [3.63, 3.8) is 0 Å². The summed E-state index contributed by atoms with van der Waals surface area (Å²) in [6.45, 7) is 1.37. The molecule has 0 saturated heterocycles. The Morgan fingerprint density at radius 2 is 2.04 bits per heavy atom. The zero-order valence-electron chi connectivity index (χ0n) is 12.9. The first-order chi connectivity index (χ1) is 11.5. The van der Waals surface area contributed by atoms with E-state index in [2.05, 4.69) is 20.9 Å². The van der Waals surface area contributed by atoms with Crippen LogP contribution in [0.4, 0.5) is 5.13 Å². The Morgan fingerprint density at radius 1 is 1.25 bits per heavy atom. The highest BCUT2D eigenvalue weighted by Gasteiger charge is 2.12. The zero-order valence-corrected chi connectivity index (χ0v) is 13.7. The standard InChI is InChI=1S/C14H17N5O4S/c1-8(20)16-5-9-2-3-11(23-9)10-7-24-14(18-10)19-13(22)6-17-12(21)4-15/h2-3,7H,4-6,15H2,1H3,(H,16,20)(H,17,21)(H,18,19,22). The first-order valence-electron chi connectivity index (χ1n) is 7.03. The molecule has 9 nitrogen and oxygen atoms in total. The van der Waals surface area contributed by atoms with Crippen LogP contribution in [0.15, 0.2) is 21.9 Å². The summed E-state index contributed by atoms with van der Waals surface area (Å²) in [5.41, 5.74) is 5.70. The Hall–Kier alpha value is -2.72. The Labute approximate surface area is 141 Å². The quantitative estimate of drug-likeness (QED) is 0.556. The summed E-state index contributed by atoms with van der Waals surface area (Å²) in [6.07, 6.45) is 0. The predicted octanol–water partition coefficient (Wildman–Crippen LogP) is 0.0526. The van der Waals surface area contributed by atoms with Crippen molar-refractivity contribution >= 4 is 34.2 Å². The predicted molar refractivity (Wildman–Crippen MR) is 88.0 cm³/mol. The van der Waals surface area contributed by atoms with Crippen molar-refractivity contribution in [1.29, 1.82) is 0 Å². The van der Waals surface area contributed by atoms with Gasteiger partial charge in [-0.1, -0.05) is 0 Å². The first kappa shape index (κ1) is 17.6. The van der Waals surface area contributed by atoms with Crippen LogP contribution in [-0.4, -0.2) is 35.8 Å². The van der Waals surface area contributed by atoms with Crippen LogP contribution < -0.4 is 21.7 Å². The molecule has 3 amide bonds. The lowest BCUT2D eigenvalue weighted by Gasteiger charge is -2.02. The van der Waals surface area contributed by atoms with E-state index in [9.17, 15) is 14.4 Å². The van der Waals surface area contributed by atoms with Crippen LogP contribution in [0.25, 0.3) is 11.5 Å². The van der Waals surface area contributed by atoms with E-state index < -0.39 is 11.8 Å². The number of carbonyl (C=O) groups is 3. The van der Waals surface area contributed by atoms with Crippen LogP contribution in [0.5, 0.6) is 0 Å². The molecule has 0 atom stereocenters. The molecule has 2 aromatic heterocycles. The Morgan fingerprint density at radius 3 is 2.75 bits per heavy atom. The van der Waals surface area contributed by atoms with Gasteiger partial charge in [0.05, 0.1) is 19.6 Å². The molecule has 2 aromatic rings. The summed E-state index contributed by atoms with van der Waals surface area (Å²) < 4.78 is 5.58. The van der Waals surface area contributed by atoms with Gasteiger partial charge in [0.2, 0.25) is 17.7 Å². The molecular weight excluding hydrogens is 334 g/mol. The highest BCUT2D eigenvalue weighted by atomic mass is 32.1. The van der Waals surface area contributed by atoms with Crippen molar-refractivity contribution in [2.24, 2.45) is 5.73 Å². The second-order valence-corrected chi connectivity index (χ2v) is 5.60. The van der Waals surface area contributed by atoms with Crippen LogP contribution in [0.3, 0.4) is 0 Å². The van der Waals surface area contributed by atoms with Gasteiger partial charge in [0.15, 0.2) is 10.9 Å². The van der Waals surface area contributed by atoms with Gasteiger partial charge in [-0.25, -0.2) is 4.98 Å². The third-order valence-electron chi connectivity index (χ3n) is 2.81. The molecule has 0 aliphatic carbocycles. The van der Waals surface area contributed by atoms with E-state index in [-0.39, 0.29) is 19.0 Å². The lowest BCUT2D eigenvalue weighted by molar-refractivity contribution is -0.123. The fourth-order valence-electron chi connectivity index (χ4n) is 1.68. The number of carbonyl (C=O) groups excluding carboxylic acids is 3. The summed E-state index contributed by atoms with van der Waals surface area (Å²) in [7, 11) is 0. The van der Waals surface area contributed by atoms with Crippen molar-refractivity contribution in [3.05, 3.63) is 23.3 Å². The normalized spacial score (nSPS) is 10.2. The van der Waals surface area contributed by atoms with Crippen LogP contribution >= 0.6 is 11.3 Å². The second kappa shape index (κ2) is 8.22. The van der Waals surface area contributed by atoms with Crippen LogP contribution in [0.2, 0.25) is 0 Å². The lowest BCUT2D eigenvalue weighted by Crippen LogP contribution is -2.36. The number of nitrogens with one attached hydrogen (secondary N) is 3. The maximum Gasteiger partial charge on any atom is 0.245 e. The molecule has 0 aliphatic heterocycles. The second-order valence-electron chi connectivity index (χ2n) is 4.74. The number of amides is 3. The minimum atomic E-state index is -0.410. The molecule has 24 heavy (non-hydrogen) atoms. The number of aromatic nitrogens is 1. The first-order valence-corrected chi connectivity index (χ1v) is 7.91. The van der Waals surface area contributed by atoms with Gasteiger partial charge < -0.3 is 26.1 Å². The van der Waals surface area contributed by atoms with Gasteiger partial charge in [-0.3, -0.25) is 14.4 Å². The number of nitrogens with two attached hydrogens (primary N) is 1. The van der Waals surface area contributed by atoms with E-state index in [0.717, 1.165) is 0 Å². The maximum absolute atomic E-state index is 11.7. The van der Waals surface area contributed by atoms with Gasteiger partial charge in [-0.15, -0.1) is 11.3 Å². The summed E-state index contributed by atoms with van der Waals surface area (Å²) in [5.74, 6) is 0.177. The minimum Gasteiger partial charge on any atom is -0.458 e. The zero-order chi connectivity index (χ0) is 17.5. The SMILES string of the molecule is CC(=O)NCc1ccc(-c2csc(NC(=O)CNC(=O)CN)n2)o1. The topological polar surface area (TPSA) is 139 Å². The van der Waals surface area contributed by atoms with Crippen molar-refractivity contribution in [1.82, 2.24) is 15.6 Å². The average molecular weight is 351 g/mol. The van der Waals surface area contributed by atoms with Crippen molar-refractivity contribution < 1.29 is 18.8 Å². The lowest BCUT2D eigenvalue weighted by atomic mass is 10.3. The third-order valence-corrected chi connectivity index (χ3v) is 3.57. The highest BCUT2D eigenvalue weighted by molar-refractivity contribution is 7.14. The highest BCUT2D eigenvalue weighted by Crippen LogP contribution is 2.26. The van der Waals surface area contributed by atoms with Gasteiger partial charge in [0.1, 0.15) is 11.5 Å². The minimum absolute atomic E-state index is 0.145. The van der Waals surface area contributed by atoms with Gasteiger partial charge >= 0.3 is 0 Å². The molecule has 2 rings (SSSR count). The van der Waals surface area contributed by atoms with Crippen molar-refractivity contribution in [2.45, 2.75) is 13.5 Å². The van der Waals surface area contributed by atoms with Gasteiger partial charge in [-0.2, -0.15) is 0 Å². The van der Waals surface area contributed by atoms with Crippen LogP contribution in [-0.2, 0) is 20.9 Å². The number of anilines is 1. The van der Waals surface area contributed by atoms with E-state index in [1.807, 2.05) is 0 Å². The molecule has 2 heterocycles. The number of nitrogens with zero attached hydrogens (tertiary/aromatic N) is 1. The van der Waals surface area contributed by atoms with Gasteiger partial charge in [0.25, 0.3) is 0 Å². The van der Waals surface area contributed by atoms with Gasteiger partial charge in [0, 0.05) is 12.3 Å². The third kappa shape index (κ3) is 5.18. The van der Waals surface area contributed by atoms with Crippen LogP contribution in [0, 0.1) is 0 Å². The Kier molecular flexibility index (Phi) is 6.04. The molecule has 0 spiro atoms. The van der Waals surface area contributed by atoms with E-state index in [4.69, 9.17) is 10.2 Å². The van der Waals surface area contributed by atoms with E-state index in [1.54, 1.807) is 17.5 Å². The monoisotopic (exact) mass is 351 g/mol. The average Bonchev–Trinajstić information content (AvgIpc) is 3.19. The summed E-state index contributed by atoms with van der Waals surface area (Å²) >= 11 is 1.23. The summed E-state index contributed by atoms with van der Waals surface area (Å²) in [5, 5.41) is 9.69. The Balaban J connectivity index is 1.92. The van der Waals surface area contributed by atoms with E-state index in [1.165, 1.54) is 18.3 Å². The van der Waals surface area contributed by atoms with Crippen molar-refractivity contribution in [2.75, 3.05) is 18.4 Å². The van der Waals surface area contributed by atoms with Crippen molar-refractivity contribution in [3.8, 4) is 11.5 Å². The molecule has 0 bridgehead atoms. The van der Waals surface area contributed by atoms with Gasteiger partial charge in [-0.05, 0) is 12.1 Å². The number of hydrogen-bond acceptors (Lipinski definition) is 7. The smallest absolute Gasteiger partial charge is 0.245 e. The largest absolute Gasteiger partial charge is 0.458 e.